The lowest BCUT2D eigenvalue weighted by atomic mass is 9.79. The molecule has 0 aliphatic rings. The lowest BCUT2D eigenvalue weighted by Crippen LogP contribution is -2.32. The van der Waals surface area contributed by atoms with Crippen LogP contribution in [0, 0.1) is 11.3 Å². The van der Waals surface area contributed by atoms with Gasteiger partial charge in [-0.1, -0.05) is 34.6 Å². The van der Waals surface area contributed by atoms with Crippen molar-refractivity contribution in [1.82, 2.24) is 0 Å². The van der Waals surface area contributed by atoms with Gasteiger partial charge in [-0.25, -0.2) is 0 Å². The Kier molecular flexibility index (Phi) is 3.37. The Bertz CT molecular complexity index is 94.9. The fourth-order valence-corrected chi connectivity index (χ4v) is 1.11. The second kappa shape index (κ2) is 3.38. The number of hydrogen-bond donors (Lipinski definition) is 1. The highest BCUT2D eigenvalue weighted by Crippen LogP contribution is 2.28. The normalized spacial score (nSPS) is 15.9. The van der Waals surface area contributed by atoms with Crippen LogP contribution in [0.15, 0.2) is 0 Å². The summed E-state index contributed by atoms with van der Waals surface area (Å²) < 4.78 is 0. The second-order valence-electron chi connectivity index (χ2n) is 4.03. The summed E-state index contributed by atoms with van der Waals surface area (Å²) in [4.78, 5) is 0. The predicted molar refractivity (Wildman–Crippen MR) is 44.9 cm³/mol. The van der Waals surface area contributed by atoms with Crippen LogP contribution in [-0.4, -0.2) is 11.2 Å². The van der Waals surface area contributed by atoms with Crippen molar-refractivity contribution in [3.05, 3.63) is 0 Å². The smallest absolute Gasteiger partial charge is 0.0613 e. The number of hydrogen-bond acceptors (Lipinski definition) is 1. The maximum atomic E-state index is 9.65. The summed E-state index contributed by atoms with van der Waals surface area (Å²) in [6.45, 7) is 10.4. The highest BCUT2D eigenvalue weighted by molar-refractivity contribution is 4.78. The van der Waals surface area contributed by atoms with Gasteiger partial charge in [0, 0.05) is 0 Å². The second-order valence-corrected chi connectivity index (χ2v) is 4.03. The van der Waals surface area contributed by atoms with Crippen LogP contribution < -0.4 is 0 Å². The van der Waals surface area contributed by atoms with Crippen molar-refractivity contribution < 1.29 is 5.11 Å². The number of aliphatic hydroxyl groups excluding tert-OH is 1. The van der Waals surface area contributed by atoms with E-state index in [-0.39, 0.29) is 11.5 Å². The molecular formula is C9H20O. The van der Waals surface area contributed by atoms with E-state index in [1.807, 2.05) is 0 Å². The van der Waals surface area contributed by atoms with Gasteiger partial charge in [0.15, 0.2) is 0 Å². The molecule has 1 N–H and O–H groups in total. The Labute approximate surface area is 64.5 Å². The molecule has 0 rings (SSSR count). The molecule has 0 aromatic carbocycles. The Morgan fingerprint density at radius 2 is 1.70 bits per heavy atom. The molecule has 1 heteroatoms. The lowest BCUT2D eigenvalue weighted by molar-refractivity contribution is 0.0110. The Hall–Kier alpha value is -0.0400. The topological polar surface area (TPSA) is 20.2 Å². The minimum atomic E-state index is -0.169. The van der Waals surface area contributed by atoms with Gasteiger partial charge in [-0.3, -0.25) is 0 Å². The standard InChI is InChI=1S/C9H20O/c1-6-9(4,5)8(10)7(2)3/h7-8,10H,6H2,1-5H3/t8-/m1/s1. The summed E-state index contributed by atoms with van der Waals surface area (Å²) in [6, 6.07) is 0. The SMILES string of the molecule is CCC(C)(C)[C@H](O)C(C)C. The molecule has 0 amide bonds. The van der Waals surface area contributed by atoms with E-state index in [9.17, 15) is 5.11 Å². The molecule has 0 spiro atoms. The van der Waals surface area contributed by atoms with Crippen molar-refractivity contribution >= 4 is 0 Å². The summed E-state index contributed by atoms with van der Waals surface area (Å²) in [6.07, 6.45) is 0.865. The molecule has 0 radical (unpaired) electrons. The van der Waals surface area contributed by atoms with Crippen molar-refractivity contribution in [2.45, 2.75) is 47.1 Å². The first-order valence-corrected chi connectivity index (χ1v) is 4.10. The van der Waals surface area contributed by atoms with Gasteiger partial charge in [-0.15, -0.1) is 0 Å². The van der Waals surface area contributed by atoms with Crippen molar-refractivity contribution in [2.24, 2.45) is 11.3 Å². The Morgan fingerprint density at radius 3 is 1.80 bits per heavy atom. The third kappa shape index (κ3) is 2.30. The first kappa shape index (κ1) is 9.96. The average molecular weight is 144 g/mol. The molecule has 0 unspecified atom stereocenters. The van der Waals surface area contributed by atoms with E-state index in [2.05, 4.69) is 34.6 Å². The molecule has 10 heavy (non-hydrogen) atoms. The summed E-state index contributed by atoms with van der Waals surface area (Å²) in [5.41, 5.74) is 0.0775. The first-order valence-electron chi connectivity index (χ1n) is 4.10. The molecule has 1 nitrogen and oxygen atoms in total. The summed E-state index contributed by atoms with van der Waals surface area (Å²) >= 11 is 0. The summed E-state index contributed by atoms with van der Waals surface area (Å²) in [7, 11) is 0. The van der Waals surface area contributed by atoms with Crippen LogP contribution in [-0.2, 0) is 0 Å². The zero-order valence-electron chi connectivity index (χ0n) is 7.81. The van der Waals surface area contributed by atoms with E-state index in [1.165, 1.54) is 0 Å². The van der Waals surface area contributed by atoms with Gasteiger partial charge >= 0.3 is 0 Å². The van der Waals surface area contributed by atoms with E-state index in [0.717, 1.165) is 6.42 Å². The monoisotopic (exact) mass is 144 g/mol. The Balaban J connectivity index is 4.03. The number of aliphatic hydroxyl groups is 1. The molecular weight excluding hydrogens is 124 g/mol. The van der Waals surface area contributed by atoms with E-state index in [4.69, 9.17) is 0 Å². The van der Waals surface area contributed by atoms with Crippen molar-refractivity contribution in [2.75, 3.05) is 0 Å². The quantitative estimate of drug-likeness (QED) is 0.645. The van der Waals surface area contributed by atoms with Gasteiger partial charge < -0.3 is 5.11 Å². The third-order valence-corrected chi connectivity index (χ3v) is 2.34. The van der Waals surface area contributed by atoms with Crippen molar-refractivity contribution in [1.29, 1.82) is 0 Å². The molecule has 0 saturated carbocycles. The molecule has 1 atom stereocenters. The van der Waals surface area contributed by atoms with Crippen LogP contribution in [0.4, 0.5) is 0 Å². The molecule has 0 heterocycles. The minimum Gasteiger partial charge on any atom is -0.392 e. The minimum absolute atomic E-state index is 0.0775. The van der Waals surface area contributed by atoms with Gasteiger partial charge in [0.2, 0.25) is 0 Å². The zero-order chi connectivity index (χ0) is 8.36. The van der Waals surface area contributed by atoms with Crippen LogP contribution in [0.1, 0.15) is 41.0 Å². The molecule has 0 aromatic rings. The third-order valence-electron chi connectivity index (χ3n) is 2.34. The highest BCUT2D eigenvalue weighted by atomic mass is 16.3. The van der Waals surface area contributed by atoms with Crippen LogP contribution in [0.2, 0.25) is 0 Å². The van der Waals surface area contributed by atoms with Crippen molar-refractivity contribution in [3.63, 3.8) is 0 Å². The van der Waals surface area contributed by atoms with E-state index < -0.39 is 0 Å². The molecule has 0 bridgehead atoms. The lowest BCUT2D eigenvalue weighted by Gasteiger charge is -2.31. The summed E-state index contributed by atoms with van der Waals surface area (Å²) in [5, 5.41) is 9.65. The van der Waals surface area contributed by atoms with E-state index >= 15 is 0 Å². The van der Waals surface area contributed by atoms with Gasteiger partial charge in [0.25, 0.3) is 0 Å². The molecule has 0 aliphatic heterocycles. The summed E-state index contributed by atoms with van der Waals surface area (Å²) in [5.74, 6) is 0.370. The average Bonchev–Trinajstić information content (AvgIpc) is 1.86. The van der Waals surface area contributed by atoms with Gasteiger partial charge in [0.05, 0.1) is 6.10 Å². The van der Waals surface area contributed by atoms with Gasteiger partial charge in [-0.2, -0.15) is 0 Å². The van der Waals surface area contributed by atoms with Crippen LogP contribution in [0.5, 0.6) is 0 Å². The van der Waals surface area contributed by atoms with Gasteiger partial charge in [0.1, 0.15) is 0 Å². The maximum absolute atomic E-state index is 9.65. The maximum Gasteiger partial charge on any atom is 0.0613 e. The Morgan fingerprint density at radius 1 is 1.30 bits per heavy atom. The predicted octanol–water partition coefficient (Wildman–Crippen LogP) is 2.44. The molecule has 0 saturated heterocycles. The van der Waals surface area contributed by atoms with Crippen LogP contribution in [0.25, 0.3) is 0 Å². The van der Waals surface area contributed by atoms with Crippen LogP contribution in [0.3, 0.4) is 0 Å². The van der Waals surface area contributed by atoms with Crippen molar-refractivity contribution in [3.8, 4) is 0 Å². The molecule has 62 valence electrons. The van der Waals surface area contributed by atoms with E-state index in [0.29, 0.717) is 5.92 Å². The molecule has 0 fully saturated rings. The molecule has 0 aromatic heterocycles. The fourth-order valence-electron chi connectivity index (χ4n) is 1.11. The number of rotatable bonds is 3. The highest BCUT2D eigenvalue weighted by Gasteiger charge is 2.27. The van der Waals surface area contributed by atoms with E-state index in [1.54, 1.807) is 0 Å². The van der Waals surface area contributed by atoms with Crippen LogP contribution >= 0.6 is 0 Å². The first-order chi connectivity index (χ1) is 4.41. The van der Waals surface area contributed by atoms with Gasteiger partial charge in [-0.05, 0) is 17.8 Å². The largest absolute Gasteiger partial charge is 0.392 e. The molecule has 0 aliphatic carbocycles. The fraction of sp³-hybridized carbons (Fsp3) is 1.00. The zero-order valence-corrected chi connectivity index (χ0v) is 7.81.